The summed E-state index contributed by atoms with van der Waals surface area (Å²) in [6, 6.07) is 13.6. The van der Waals surface area contributed by atoms with Crippen LogP contribution >= 0.6 is 15.9 Å². The first-order valence-electron chi connectivity index (χ1n) is 7.52. The van der Waals surface area contributed by atoms with Gasteiger partial charge in [-0.1, -0.05) is 40.2 Å². The Kier molecular flexibility index (Phi) is 4.76. The predicted octanol–water partition coefficient (Wildman–Crippen LogP) is 3.58. The smallest absolute Gasteiger partial charge is 0.303 e. The maximum atomic E-state index is 10.7. The molecule has 0 unspecified atom stereocenters. The highest BCUT2D eigenvalue weighted by atomic mass is 79.9. The van der Waals surface area contributed by atoms with Gasteiger partial charge in [0, 0.05) is 22.7 Å². The fourth-order valence-electron chi connectivity index (χ4n) is 2.58. The van der Waals surface area contributed by atoms with Crippen molar-refractivity contribution in [2.45, 2.75) is 19.3 Å². The number of aryl methyl sites for hydroxylation is 1. The molecule has 5 nitrogen and oxygen atoms in total. The molecule has 0 aliphatic carbocycles. The van der Waals surface area contributed by atoms with Gasteiger partial charge in [0.2, 0.25) is 0 Å². The third-order valence-corrected chi connectivity index (χ3v) is 4.21. The van der Waals surface area contributed by atoms with E-state index in [9.17, 15) is 4.79 Å². The molecule has 0 aliphatic heterocycles. The maximum Gasteiger partial charge on any atom is 0.303 e. The summed E-state index contributed by atoms with van der Waals surface area (Å²) in [5.41, 5.74) is 8.89. The average Bonchev–Trinajstić information content (AvgIpc) is 2.54. The molecule has 0 saturated carbocycles. The molecule has 3 aromatic rings. The normalized spacial score (nSPS) is 10.9. The largest absolute Gasteiger partial charge is 0.481 e. The van der Waals surface area contributed by atoms with Crippen molar-refractivity contribution in [1.82, 2.24) is 9.97 Å². The molecule has 0 aliphatic rings. The number of benzene rings is 2. The Balaban J connectivity index is 1.86. The number of nitrogens with two attached hydrogens (primary N) is 1. The second-order valence-electron chi connectivity index (χ2n) is 5.58. The molecule has 6 heteroatoms. The molecule has 122 valence electrons. The van der Waals surface area contributed by atoms with E-state index >= 15 is 0 Å². The van der Waals surface area contributed by atoms with Crippen molar-refractivity contribution in [3.8, 4) is 0 Å². The lowest BCUT2D eigenvalue weighted by Crippen LogP contribution is -2.03. The van der Waals surface area contributed by atoms with Crippen molar-refractivity contribution in [3.05, 3.63) is 63.9 Å². The highest BCUT2D eigenvalue weighted by Crippen LogP contribution is 2.23. The highest BCUT2D eigenvalue weighted by Gasteiger charge is 2.08. The number of anilines is 1. The lowest BCUT2D eigenvalue weighted by molar-refractivity contribution is -0.136. The van der Waals surface area contributed by atoms with Gasteiger partial charge in [-0.2, -0.15) is 0 Å². The summed E-state index contributed by atoms with van der Waals surface area (Å²) in [7, 11) is 0. The van der Waals surface area contributed by atoms with Gasteiger partial charge in [0.25, 0.3) is 0 Å². The van der Waals surface area contributed by atoms with Crippen LogP contribution in [0.15, 0.2) is 46.9 Å². The molecule has 24 heavy (non-hydrogen) atoms. The standard InChI is InChI=1S/C18H16BrN3O2/c19-13-5-6-15-14(10-13)18(20)22-16(21-15)9-12-3-1-2-11(8-12)4-7-17(23)24/h1-3,5-6,8,10H,4,7,9H2,(H,23,24)(H2,20,21,22). The van der Waals surface area contributed by atoms with Gasteiger partial charge in [0.05, 0.1) is 5.52 Å². The number of hydrogen-bond acceptors (Lipinski definition) is 4. The summed E-state index contributed by atoms with van der Waals surface area (Å²) in [6.07, 6.45) is 1.19. The number of hydrogen-bond donors (Lipinski definition) is 2. The average molecular weight is 386 g/mol. The first-order valence-corrected chi connectivity index (χ1v) is 8.32. The van der Waals surface area contributed by atoms with E-state index in [0.717, 1.165) is 26.5 Å². The third-order valence-electron chi connectivity index (χ3n) is 3.71. The molecule has 0 amide bonds. The monoisotopic (exact) mass is 385 g/mol. The van der Waals surface area contributed by atoms with Crippen molar-refractivity contribution in [1.29, 1.82) is 0 Å². The molecule has 0 spiro atoms. The Morgan fingerprint density at radius 2 is 1.92 bits per heavy atom. The van der Waals surface area contributed by atoms with Crippen LogP contribution in [0.1, 0.15) is 23.4 Å². The van der Waals surface area contributed by atoms with Crippen LogP contribution < -0.4 is 5.73 Å². The number of carbonyl (C=O) groups is 1. The molecule has 3 N–H and O–H groups in total. The molecule has 0 atom stereocenters. The molecule has 1 aromatic heterocycles. The number of rotatable bonds is 5. The van der Waals surface area contributed by atoms with Crippen LogP contribution in [-0.2, 0) is 17.6 Å². The Morgan fingerprint density at radius 3 is 2.71 bits per heavy atom. The van der Waals surface area contributed by atoms with E-state index < -0.39 is 5.97 Å². The summed E-state index contributed by atoms with van der Waals surface area (Å²) in [6.45, 7) is 0. The van der Waals surface area contributed by atoms with Gasteiger partial charge in [0.15, 0.2) is 0 Å². The number of nitrogen functional groups attached to an aromatic ring is 1. The molecule has 3 rings (SSSR count). The van der Waals surface area contributed by atoms with Crippen LogP contribution in [0.4, 0.5) is 5.82 Å². The zero-order chi connectivity index (χ0) is 17.1. The van der Waals surface area contributed by atoms with E-state index in [-0.39, 0.29) is 6.42 Å². The molecular formula is C18H16BrN3O2. The van der Waals surface area contributed by atoms with E-state index in [4.69, 9.17) is 10.8 Å². The Bertz CT molecular complexity index is 912. The molecule has 0 saturated heterocycles. The minimum atomic E-state index is -0.794. The van der Waals surface area contributed by atoms with E-state index in [1.54, 1.807) is 0 Å². The number of halogens is 1. The minimum absolute atomic E-state index is 0.123. The molecule has 2 aromatic carbocycles. The first kappa shape index (κ1) is 16.4. The number of aromatic nitrogens is 2. The Labute approximate surface area is 147 Å². The van der Waals surface area contributed by atoms with Gasteiger partial charge in [-0.15, -0.1) is 0 Å². The Hall–Kier alpha value is -2.47. The highest BCUT2D eigenvalue weighted by molar-refractivity contribution is 9.10. The maximum absolute atomic E-state index is 10.7. The van der Waals surface area contributed by atoms with Crippen molar-refractivity contribution in [2.24, 2.45) is 0 Å². The van der Waals surface area contributed by atoms with Crippen molar-refractivity contribution < 1.29 is 9.90 Å². The predicted molar refractivity (Wildman–Crippen MR) is 96.9 cm³/mol. The molecule has 0 fully saturated rings. The second kappa shape index (κ2) is 6.97. The molecular weight excluding hydrogens is 370 g/mol. The summed E-state index contributed by atoms with van der Waals surface area (Å²) in [5.74, 6) is 0.313. The molecule has 0 radical (unpaired) electrons. The van der Waals surface area contributed by atoms with E-state index in [1.165, 1.54) is 0 Å². The van der Waals surface area contributed by atoms with Crippen LogP contribution in [0.25, 0.3) is 10.9 Å². The zero-order valence-corrected chi connectivity index (χ0v) is 14.5. The lowest BCUT2D eigenvalue weighted by atomic mass is 10.0. The fraction of sp³-hybridized carbons (Fsp3) is 0.167. The number of aliphatic carboxylic acids is 1. The summed E-state index contributed by atoms with van der Waals surface area (Å²) >= 11 is 3.42. The van der Waals surface area contributed by atoms with Crippen molar-refractivity contribution in [3.63, 3.8) is 0 Å². The van der Waals surface area contributed by atoms with Gasteiger partial charge in [0.1, 0.15) is 11.6 Å². The number of carboxylic acids is 1. The van der Waals surface area contributed by atoms with Gasteiger partial charge in [-0.05, 0) is 35.7 Å². The Morgan fingerprint density at radius 1 is 1.12 bits per heavy atom. The van der Waals surface area contributed by atoms with Crippen LogP contribution in [-0.4, -0.2) is 21.0 Å². The van der Waals surface area contributed by atoms with Gasteiger partial charge >= 0.3 is 5.97 Å². The SMILES string of the molecule is Nc1nc(Cc2cccc(CCC(=O)O)c2)nc2ccc(Br)cc12. The summed E-state index contributed by atoms with van der Waals surface area (Å²) in [4.78, 5) is 19.7. The molecule has 0 bridgehead atoms. The number of nitrogens with zero attached hydrogens (tertiary/aromatic N) is 2. The van der Waals surface area contributed by atoms with Gasteiger partial charge in [-0.3, -0.25) is 4.79 Å². The topological polar surface area (TPSA) is 89.1 Å². The van der Waals surface area contributed by atoms with Crippen LogP contribution in [0.2, 0.25) is 0 Å². The van der Waals surface area contributed by atoms with Crippen LogP contribution in [0.5, 0.6) is 0 Å². The summed E-state index contributed by atoms with van der Waals surface area (Å²) in [5, 5.41) is 9.62. The first-order chi connectivity index (χ1) is 11.5. The van der Waals surface area contributed by atoms with E-state index in [1.807, 2.05) is 42.5 Å². The minimum Gasteiger partial charge on any atom is -0.481 e. The van der Waals surface area contributed by atoms with Crippen LogP contribution in [0.3, 0.4) is 0 Å². The quantitative estimate of drug-likeness (QED) is 0.700. The molecule has 1 heterocycles. The van der Waals surface area contributed by atoms with Gasteiger partial charge in [-0.25, -0.2) is 9.97 Å². The van der Waals surface area contributed by atoms with Crippen LogP contribution in [0, 0.1) is 0 Å². The zero-order valence-electron chi connectivity index (χ0n) is 12.9. The van der Waals surface area contributed by atoms with E-state index in [0.29, 0.717) is 24.5 Å². The van der Waals surface area contributed by atoms with E-state index in [2.05, 4.69) is 25.9 Å². The fourth-order valence-corrected chi connectivity index (χ4v) is 2.94. The lowest BCUT2D eigenvalue weighted by Gasteiger charge is -2.07. The number of fused-ring (bicyclic) bond motifs is 1. The number of carboxylic acid groups (broad SMARTS) is 1. The van der Waals surface area contributed by atoms with Gasteiger partial charge < -0.3 is 10.8 Å². The summed E-state index contributed by atoms with van der Waals surface area (Å²) < 4.78 is 0.934. The van der Waals surface area contributed by atoms with Crippen molar-refractivity contribution in [2.75, 3.05) is 5.73 Å². The third kappa shape index (κ3) is 3.89. The van der Waals surface area contributed by atoms with Crippen molar-refractivity contribution >= 4 is 38.6 Å². The second-order valence-corrected chi connectivity index (χ2v) is 6.49.